The number of ether oxygens (including phenoxy) is 2. The van der Waals surface area contributed by atoms with Crippen LogP contribution in [0.25, 0.3) is 0 Å². The van der Waals surface area contributed by atoms with Gasteiger partial charge in [-0.2, -0.15) is 0 Å². The van der Waals surface area contributed by atoms with Crippen molar-refractivity contribution in [3.63, 3.8) is 0 Å². The first kappa shape index (κ1) is 22.5. The Morgan fingerprint density at radius 2 is 1.91 bits per heavy atom. The molecule has 0 spiro atoms. The van der Waals surface area contributed by atoms with Crippen LogP contribution in [0.4, 0.5) is 0 Å². The van der Waals surface area contributed by atoms with Gasteiger partial charge < -0.3 is 14.8 Å². The molecule has 1 saturated heterocycles. The molecule has 0 bridgehead atoms. The predicted molar refractivity (Wildman–Crippen MR) is 128 cm³/mol. The molecular formula is C26H30N2O3S. The van der Waals surface area contributed by atoms with Crippen molar-refractivity contribution in [3.8, 4) is 5.75 Å². The van der Waals surface area contributed by atoms with Crippen molar-refractivity contribution in [1.82, 2.24) is 10.2 Å². The maximum Gasteiger partial charge on any atom is 0.234 e. The Kier molecular flexibility index (Phi) is 7.93. The Morgan fingerprint density at radius 1 is 1.12 bits per heavy atom. The molecule has 1 aromatic heterocycles. The second kappa shape index (κ2) is 11.3. The average molecular weight is 451 g/mol. The lowest BCUT2D eigenvalue weighted by Gasteiger charge is -2.26. The second-order valence-corrected chi connectivity index (χ2v) is 9.10. The number of rotatable bonds is 10. The van der Waals surface area contributed by atoms with Gasteiger partial charge >= 0.3 is 0 Å². The third-order valence-electron chi connectivity index (χ3n) is 5.70. The number of carbonyl (C=O) groups excluding carboxylic acids is 1. The van der Waals surface area contributed by atoms with Gasteiger partial charge in [0.2, 0.25) is 5.91 Å². The summed E-state index contributed by atoms with van der Waals surface area (Å²) in [5.74, 6) is 0.801. The van der Waals surface area contributed by atoms with E-state index in [1.54, 1.807) is 18.4 Å². The monoisotopic (exact) mass is 450 g/mol. The minimum absolute atomic E-state index is 0.00391. The van der Waals surface area contributed by atoms with Crippen molar-refractivity contribution in [1.29, 1.82) is 0 Å². The van der Waals surface area contributed by atoms with Gasteiger partial charge in [-0.1, -0.05) is 48.5 Å². The van der Waals surface area contributed by atoms with Crippen LogP contribution in [0.2, 0.25) is 0 Å². The summed E-state index contributed by atoms with van der Waals surface area (Å²) in [5.41, 5.74) is 2.07. The maximum atomic E-state index is 13.2. The van der Waals surface area contributed by atoms with Crippen LogP contribution < -0.4 is 10.1 Å². The molecular weight excluding hydrogens is 420 g/mol. The van der Waals surface area contributed by atoms with Crippen molar-refractivity contribution in [2.24, 2.45) is 0 Å². The molecule has 1 aliphatic heterocycles. The summed E-state index contributed by atoms with van der Waals surface area (Å²) in [6.45, 7) is 2.67. The number of hydrogen-bond donors (Lipinski definition) is 1. The predicted octanol–water partition coefficient (Wildman–Crippen LogP) is 4.64. The molecule has 0 radical (unpaired) electrons. The van der Waals surface area contributed by atoms with Crippen molar-refractivity contribution in [2.75, 3.05) is 26.8 Å². The highest BCUT2D eigenvalue weighted by Gasteiger charge is 2.23. The number of benzene rings is 2. The number of carbonyl (C=O) groups is 1. The molecule has 3 aromatic rings. The van der Waals surface area contributed by atoms with Crippen molar-refractivity contribution < 1.29 is 14.3 Å². The fraction of sp³-hybridized carbons (Fsp3) is 0.346. The SMILES string of the molecule is COc1ccc([C@H](NC(=O)CN(Cc2cccs2)C[C@H]2CCCO2)c2ccccc2)cc1. The molecule has 32 heavy (non-hydrogen) atoms. The van der Waals surface area contributed by atoms with Crippen molar-refractivity contribution >= 4 is 17.2 Å². The summed E-state index contributed by atoms with van der Waals surface area (Å²) in [5, 5.41) is 5.34. The minimum Gasteiger partial charge on any atom is -0.497 e. The highest BCUT2D eigenvalue weighted by molar-refractivity contribution is 7.09. The zero-order valence-electron chi connectivity index (χ0n) is 18.4. The third-order valence-corrected chi connectivity index (χ3v) is 6.56. The van der Waals surface area contributed by atoms with Crippen LogP contribution in [-0.2, 0) is 16.1 Å². The molecule has 5 nitrogen and oxygen atoms in total. The van der Waals surface area contributed by atoms with E-state index in [2.05, 4.69) is 27.7 Å². The Morgan fingerprint density at radius 3 is 2.56 bits per heavy atom. The van der Waals surface area contributed by atoms with E-state index in [1.807, 2.05) is 54.6 Å². The van der Waals surface area contributed by atoms with E-state index < -0.39 is 0 Å². The summed E-state index contributed by atoms with van der Waals surface area (Å²) in [6.07, 6.45) is 2.35. The maximum absolute atomic E-state index is 13.2. The van der Waals surface area contributed by atoms with Crippen molar-refractivity contribution in [2.45, 2.75) is 31.5 Å². The highest BCUT2D eigenvalue weighted by atomic mass is 32.1. The highest BCUT2D eigenvalue weighted by Crippen LogP contribution is 2.24. The molecule has 168 valence electrons. The van der Waals surface area contributed by atoms with Gasteiger partial charge in [0.25, 0.3) is 0 Å². The first-order chi connectivity index (χ1) is 15.7. The molecule has 4 rings (SSSR count). The van der Waals surface area contributed by atoms with E-state index in [9.17, 15) is 4.79 Å². The lowest BCUT2D eigenvalue weighted by atomic mass is 9.98. The van der Waals surface area contributed by atoms with Gasteiger partial charge in [-0.25, -0.2) is 0 Å². The van der Waals surface area contributed by atoms with Gasteiger partial charge in [0.15, 0.2) is 0 Å². The molecule has 0 aliphatic carbocycles. The number of nitrogens with one attached hydrogen (secondary N) is 1. The smallest absolute Gasteiger partial charge is 0.234 e. The molecule has 2 aromatic carbocycles. The third kappa shape index (κ3) is 6.19. The van der Waals surface area contributed by atoms with Crippen LogP contribution in [0.15, 0.2) is 72.1 Å². The molecule has 2 heterocycles. The van der Waals surface area contributed by atoms with E-state index in [-0.39, 0.29) is 18.1 Å². The summed E-state index contributed by atoms with van der Waals surface area (Å²) >= 11 is 1.72. The summed E-state index contributed by atoms with van der Waals surface area (Å²) in [7, 11) is 1.65. The standard InChI is InChI=1S/C26H30N2O3S/c1-30-22-13-11-21(12-14-22)26(20-7-3-2-4-8-20)27-25(29)19-28(17-23-9-5-15-31-23)18-24-10-6-16-32-24/h2-4,6-8,10-14,16,23,26H,5,9,15,17-19H2,1H3,(H,27,29)/t23-,26-/m1/s1. The number of thiophene rings is 1. The van der Waals surface area contributed by atoms with E-state index >= 15 is 0 Å². The Labute approximate surface area is 194 Å². The van der Waals surface area contributed by atoms with E-state index in [1.165, 1.54) is 4.88 Å². The largest absolute Gasteiger partial charge is 0.497 e. The lowest BCUT2D eigenvalue weighted by molar-refractivity contribution is -0.123. The van der Waals surface area contributed by atoms with Gasteiger partial charge in [-0.3, -0.25) is 9.69 Å². The van der Waals surface area contributed by atoms with Crippen LogP contribution in [0.3, 0.4) is 0 Å². The van der Waals surface area contributed by atoms with Crippen LogP contribution in [0, 0.1) is 0 Å². The number of methoxy groups -OCH3 is 1. The Balaban J connectivity index is 1.48. The van der Waals surface area contributed by atoms with Gasteiger partial charge in [-0.15, -0.1) is 11.3 Å². The van der Waals surface area contributed by atoms with Crippen molar-refractivity contribution in [3.05, 3.63) is 88.1 Å². The fourth-order valence-electron chi connectivity index (χ4n) is 4.09. The number of nitrogens with zero attached hydrogens (tertiary/aromatic N) is 1. The zero-order valence-corrected chi connectivity index (χ0v) is 19.2. The van der Waals surface area contributed by atoms with Crippen LogP contribution >= 0.6 is 11.3 Å². The van der Waals surface area contributed by atoms with Gasteiger partial charge in [0, 0.05) is 24.6 Å². The molecule has 0 saturated carbocycles. The number of amides is 1. The quantitative estimate of drug-likeness (QED) is 0.489. The minimum atomic E-state index is -0.221. The normalized spacial score (nSPS) is 16.8. The average Bonchev–Trinajstić information content (AvgIpc) is 3.53. The molecule has 2 atom stereocenters. The molecule has 6 heteroatoms. The molecule has 1 fully saturated rings. The second-order valence-electron chi connectivity index (χ2n) is 8.07. The van der Waals surface area contributed by atoms with Gasteiger partial charge in [0.05, 0.1) is 25.8 Å². The summed E-state index contributed by atoms with van der Waals surface area (Å²) in [4.78, 5) is 16.7. The van der Waals surface area contributed by atoms with Crippen LogP contribution in [0.5, 0.6) is 5.75 Å². The summed E-state index contributed by atoms with van der Waals surface area (Å²) < 4.78 is 11.1. The number of hydrogen-bond acceptors (Lipinski definition) is 5. The Hall–Kier alpha value is -2.67. The van der Waals surface area contributed by atoms with Crippen LogP contribution in [-0.4, -0.2) is 43.7 Å². The van der Waals surface area contributed by atoms with E-state index in [0.29, 0.717) is 6.54 Å². The van der Waals surface area contributed by atoms with E-state index in [0.717, 1.165) is 49.4 Å². The fourth-order valence-corrected chi connectivity index (χ4v) is 4.84. The van der Waals surface area contributed by atoms with Crippen LogP contribution in [0.1, 0.15) is 34.9 Å². The topological polar surface area (TPSA) is 50.8 Å². The summed E-state index contributed by atoms with van der Waals surface area (Å²) in [6, 6.07) is 21.9. The van der Waals surface area contributed by atoms with Gasteiger partial charge in [0.1, 0.15) is 5.75 Å². The molecule has 0 unspecified atom stereocenters. The molecule has 1 amide bonds. The molecule has 1 aliphatic rings. The lowest BCUT2D eigenvalue weighted by Crippen LogP contribution is -2.41. The van der Waals surface area contributed by atoms with E-state index in [4.69, 9.17) is 9.47 Å². The molecule has 1 N–H and O–H groups in total. The first-order valence-corrected chi connectivity index (χ1v) is 11.9. The van der Waals surface area contributed by atoms with Gasteiger partial charge in [-0.05, 0) is 47.5 Å². The first-order valence-electron chi connectivity index (χ1n) is 11.1. The Bertz CT molecular complexity index is 955. The zero-order chi connectivity index (χ0) is 22.2.